The maximum Gasteiger partial charge on any atom is 0.318 e. The zero-order valence-corrected chi connectivity index (χ0v) is 84.6. The number of hydrogen-bond acceptors (Lipinski definition) is 33. The molecule has 1 aliphatic heterocycles. The number of ether oxygens (including phenoxy) is 2. The van der Waals surface area contributed by atoms with Gasteiger partial charge in [-0.1, -0.05) is 53.4 Å². The molecular weight excluding hydrogens is 2010 g/mol. The predicted octanol–water partition coefficient (Wildman–Crippen LogP) is 19.2. The molecule has 8 N–H and O–H groups in total. The van der Waals surface area contributed by atoms with Gasteiger partial charge in [-0.25, -0.2) is 127 Å². The lowest BCUT2D eigenvalue weighted by molar-refractivity contribution is -0.114. The number of aryl methyl sites for hydroxylation is 4. The Kier molecular flexibility index (Phi) is 34.3. The van der Waals surface area contributed by atoms with Gasteiger partial charge in [-0.15, -0.1) is 0 Å². The number of anilines is 10. The summed E-state index contributed by atoms with van der Waals surface area (Å²) in [6.07, 6.45) is 26.8. The molecule has 2 aliphatic rings. The average Bonchev–Trinajstić information content (AvgIpc) is 0.792. The Balaban J connectivity index is 0.000000144. The van der Waals surface area contributed by atoms with Crippen LogP contribution in [0.3, 0.4) is 0 Å². The van der Waals surface area contributed by atoms with E-state index in [0.29, 0.717) is 126 Å². The number of rotatable bonds is 26. The number of halogens is 7. The number of nitrogens with two attached hydrogens (primary N) is 1. The number of carbonyl (C=O) groups excluding carboxylic acids is 1. The van der Waals surface area contributed by atoms with Crippen molar-refractivity contribution in [2.45, 2.75) is 113 Å². The van der Waals surface area contributed by atoms with Crippen LogP contribution in [0.4, 0.5) is 75.6 Å². The lowest BCUT2D eigenvalue weighted by atomic mass is 9.94. The first kappa shape index (κ1) is 105. The quantitative estimate of drug-likeness (QED) is 0.0115. The zero-order chi connectivity index (χ0) is 104. The summed E-state index contributed by atoms with van der Waals surface area (Å²) in [4.78, 5) is 88.8. The van der Waals surface area contributed by atoms with E-state index in [4.69, 9.17) is 62.2 Å². The SMILES string of the molecule is CC(=O)Nc1cc(-c2cnc(Cl)c(CS(=O)(=O)c3cc(F)ccc3F)c2C)ccn1.COc1ncc(-c2ccnc(Nc3ccnc(C)n3)c2)cc1S(=O)(=O)NC1CCC1.COc1nccc(Nc2cc(-c3cnc(Cl)c(CS(=O)(=O)c4ccc(F)cc4F)c3C)ccn2)n1.Cc1nccc(Nc2cc(-c3cnc(C)c(C(=S)N4CCC4)c3)ccn2)n1.Cc1nccc(Nc2cc(-c3cnc(Cl)c(N)c3C)ccn2)n1. The minimum atomic E-state index is -4.24. The van der Waals surface area contributed by atoms with Gasteiger partial charge in [-0.05, 0) is 240 Å². The summed E-state index contributed by atoms with van der Waals surface area (Å²) in [6.45, 7) is 16.2. The van der Waals surface area contributed by atoms with Crippen LogP contribution in [0.1, 0.15) is 89.2 Å². The molecule has 0 unspecified atom stereocenters. The van der Waals surface area contributed by atoms with Crippen molar-refractivity contribution in [2.75, 3.05) is 59.6 Å². The van der Waals surface area contributed by atoms with Crippen LogP contribution < -0.4 is 46.5 Å². The molecule has 145 heavy (non-hydrogen) atoms. The molecule has 0 spiro atoms. The summed E-state index contributed by atoms with van der Waals surface area (Å²) >= 11 is 24.0. The third-order valence-electron chi connectivity index (χ3n) is 22.3. The maximum atomic E-state index is 14.2. The van der Waals surface area contributed by atoms with Gasteiger partial charge in [-0.3, -0.25) is 9.78 Å². The van der Waals surface area contributed by atoms with Crippen LogP contribution >= 0.6 is 47.0 Å². The Bertz CT molecular complexity index is 7920. The first-order valence-electron chi connectivity index (χ1n) is 44.1. The number of thiocarbonyl (C=S) groups is 1. The van der Waals surface area contributed by atoms with Gasteiger partial charge >= 0.3 is 6.01 Å². The van der Waals surface area contributed by atoms with Gasteiger partial charge < -0.3 is 46.7 Å². The molecule has 1 saturated carbocycles. The molecule has 18 rings (SSSR count). The van der Waals surface area contributed by atoms with E-state index in [9.17, 15) is 47.6 Å². The Morgan fingerprint density at radius 3 is 1.30 bits per heavy atom. The molecule has 15 heterocycles. The molecule has 2 aromatic carbocycles. The predicted molar refractivity (Wildman–Crippen MR) is 549 cm³/mol. The van der Waals surface area contributed by atoms with Crippen LogP contribution in [0, 0.1) is 71.7 Å². The first-order valence-corrected chi connectivity index (χ1v) is 50.5. The van der Waals surface area contributed by atoms with E-state index in [1.807, 2.05) is 64.2 Å². The van der Waals surface area contributed by atoms with Gasteiger partial charge in [-0.2, -0.15) is 4.98 Å². The van der Waals surface area contributed by atoms with Crippen LogP contribution in [-0.4, -0.2) is 164 Å². The fraction of sp³-hybridized carbons (Fsp3) is 0.192. The highest BCUT2D eigenvalue weighted by atomic mass is 35.5. The number of carbonyl (C=O) groups is 1. The molecule has 35 nitrogen and oxygen atoms in total. The van der Waals surface area contributed by atoms with Crippen molar-refractivity contribution in [3.8, 4) is 67.5 Å². The molecule has 1 saturated heterocycles. The fourth-order valence-corrected chi connectivity index (χ4v) is 20.3. The second kappa shape index (κ2) is 47.2. The van der Waals surface area contributed by atoms with Gasteiger partial charge in [0.1, 0.15) is 123 Å². The molecular formula is C99H91Cl3F4N26O9S4. The standard InChI is InChI=1S/C23H18ClF2N5O3S.C20H16ClF2N3O3S.C20H22N6O3S.C20H20N6S.C16H15ClN6/c1-13-16(14-5-7-27-21(9-14)30-20-6-8-28-23(31-20)34-2)11-29-22(24)17(13)12-35(32,33)19-4-3-15(25)10-18(19)26;1-11-15(13-5-6-24-19(7-13)26-12(2)27)9-25-20(21)16(11)10-30(28,29)18-8-14(22)3-4-17(18)23;1-13-21-9-7-18(24-13)25-19-11-14(6-8-22-19)15-10-17(20(29-2)23-12-15)30(27,28)26-16-4-3-5-16;1-13-17(20(27)26-8-3-9-26)10-16(12-23-13)15-4-6-22-19(11-15)25-18-5-7-21-14(2)24-18;1-9-12(8-21-16(17)15(9)18)11-3-5-20-14(7-11)23-13-4-6-19-10(2)22-13/h3-11H,12H2,1-2H3,(H,27,28,30,31);3-9H,10H2,1-2H3,(H,24,26,27);6-12,16,26H,3-5H2,1-2H3,(H,21,22,24,25);4-7,10-12H,3,8-9H2,1-2H3,(H,21,22,24,25);3-8H,18H2,1-2H3,(H,19,20,22,23). The maximum absolute atomic E-state index is 14.2. The van der Waals surface area contributed by atoms with Gasteiger partial charge in [0.15, 0.2) is 24.8 Å². The average molecular weight is 2100 g/mol. The third-order valence-corrected chi connectivity index (χ3v) is 28.6. The Hall–Kier alpha value is -15.4. The van der Waals surface area contributed by atoms with Crippen LogP contribution in [0.5, 0.6) is 11.9 Å². The van der Waals surface area contributed by atoms with Crippen molar-refractivity contribution >= 4 is 146 Å². The number of pyridine rings is 10. The number of sulfonamides is 1. The van der Waals surface area contributed by atoms with Crippen molar-refractivity contribution in [3.63, 3.8) is 0 Å². The topological polar surface area (TPSA) is 471 Å². The number of hydrogen-bond donors (Lipinski definition) is 7. The number of likely N-dealkylation sites (tertiary alicyclic amines) is 1. The molecule has 1 amide bonds. The number of sulfone groups is 2. The lowest BCUT2D eigenvalue weighted by Gasteiger charge is -2.33. The summed E-state index contributed by atoms with van der Waals surface area (Å²) in [5, 5.41) is 15.3. The van der Waals surface area contributed by atoms with Crippen molar-refractivity contribution in [1.29, 1.82) is 0 Å². The smallest absolute Gasteiger partial charge is 0.318 e. The van der Waals surface area contributed by atoms with Gasteiger partial charge in [0, 0.05) is 169 Å². The van der Waals surface area contributed by atoms with Crippen molar-refractivity contribution in [3.05, 3.63) is 315 Å². The van der Waals surface area contributed by atoms with E-state index in [0.717, 1.165) is 112 Å². The van der Waals surface area contributed by atoms with Crippen LogP contribution in [0.2, 0.25) is 15.5 Å². The molecule has 14 aromatic heterocycles. The number of benzene rings is 2. The van der Waals surface area contributed by atoms with Crippen molar-refractivity contribution in [2.24, 2.45) is 0 Å². The normalized spacial score (nSPS) is 12.2. The molecule has 16 aromatic rings. The second-order valence-corrected chi connectivity index (χ2v) is 39.6. The minimum Gasteiger partial charge on any atom is -0.480 e. The highest BCUT2D eigenvalue weighted by molar-refractivity contribution is 7.91. The summed E-state index contributed by atoms with van der Waals surface area (Å²) in [5.41, 5.74) is 18.5. The molecule has 46 heteroatoms. The lowest BCUT2D eigenvalue weighted by Crippen LogP contribution is -2.41. The van der Waals surface area contributed by atoms with Crippen molar-refractivity contribution in [1.82, 2.24) is 99.3 Å². The zero-order valence-electron chi connectivity index (χ0n) is 79.0. The van der Waals surface area contributed by atoms with Crippen LogP contribution in [0.15, 0.2) is 235 Å². The van der Waals surface area contributed by atoms with E-state index < -0.39 is 74.3 Å². The third kappa shape index (κ3) is 27.3. The summed E-state index contributed by atoms with van der Waals surface area (Å²) < 4.78 is 145. The van der Waals surface area contributed by atoms with E-state index in [1.54, 1.807) is 137 Å². The van der Waals surface area contributed by atoms with Crippen LogP contribution in [0.25, 0.3) is 55.6 Å². The van der Waals surface area contributed by atoms with Gasteiger partial charge in [0.2, 0.25) is 21.8 Å². The second-order valence-electron chi connectivity index (χ2n) is 32.5. The fourth-order valence-electron chi connectivity index (χ4n) is 14.5. The number of nitrogens with one attached hydrogen (secondary N) is 6. The van der Waals surface area contributed by atoms with Crippen LogP contribution in [-0.2, 0) is 46.0 Å². The number of aromatic nitrogens is 18. The molecule has 1 aliphatic carbocycles. The summed E-state index contributed by atoms with van der Waals surface area (Å²) in [7, 11) is -9.30. The van der Waals surface area contributed by atoms with E-state index in [-0.39, 0.29) is 50.2 Å². The molecule has 0 radical (unpaired) electrons. The Morgan fingerprint density at radius 2 is 0.841 bits per heavy atom. The molecule has 744 valence electrons. The van der Waals surface area contributed by atoms with E-state index in [1.165, 1.54) is 52.4 Å². The Labute approximate surface area is 852 Å². The van der Waals surface area contributed by atoms with Crippen molar-refractivity contribution < 1.29 is 57.1 Å². The summed E-state index contributed by atoms with van der Waals surface area (Å²) in [6, 6.07) is 33.4. The number of nitrogens with zero attached hydrogens (tertiary/aromatic N) is 19. The molecule has 2 fully saturated rings. The molecule has 0 bridgehead atoms. The first-order chi connectivity index (χ1) is 69.3. The molecule has 0 atom stereocenters. The highest BCUT2D eigenvalue weighted by Gasteiger charge is 2.31. The monoisotopic (exact) mass is 2100 g/mol. The largest absolute Gasteiger partial charge is 0.480 e. The Morgan fingerprint density at radius 1 is 0.421 bits per heavy atom. The van der Waals surface area contributed by atoms with E-state index in [2.05, 4.69) is 132 Å². The number of amides is 1. The number of methoxy groups -OCH3 is 2. The highest BCUT2D eigenvalue weighted by Crippen LogP contribution is 2.39. The minimum absolute atomic E-state index is 0.0205. The van der Waals surface area contributed by atoms with E-state index >= 15 is 0 Å². The summed E-state index contributed by atoms with van der Waals surface area (Å²) in [5.74, 6) is 1.78. The van der Waals surface area contributed by atoms with Gasteiger partial charge in [0.25, 0.3) is 0 Å². The number of nitrogen functional groups attached to an aromatic ring is 1. The van der Waals surface area contributed by atoms with Gasteiger partial charge in [0.05, 0.1) is 31.4 Å².